The van der Waals surface area contributed by atoms with Gasteiger partial charge in [-0.05, 0) is 37.0 Å². The number of carbonyl (C=O) groups is 3. The van der Waals surface area contributed by atoms with E-state index in [1.807, 2.05) is 0 Å². The topological polar surface area (TPSA) is 95.5 Å². The molecule has 7 heteroatoms. The summed E-state index contributed by atoms with van der Waals surface area (Å²) in [6.45, 7) is 0.452. The first-order chi connectivity index (χ1) is 11.5. The molecule has 2 rings (SSSR count). The Balaban J connectivity index is 1.79. The van der Waals surface area contributed by atoms with Crippen molar-refractivity contribution in [3.8, 4) is 0 Å². The molecule has 0 aromatic heterocycles. The van der Waals surface area contributed by atoms with Crippen LogP contribution < -0.4 is 10.6 Å². The van der Waals surface area contributed by atoms with Gasteiger partial charge in [0, 0.05) is 23.9 Å². The van der Waals surface area contributed by atoms with Crippen molar-refractivity contribution in [1.29, 1.82) is 0 Å². The van der Waals surface area contributed by atoms with Crippen LogP contribution in [0.2, 0.25) is 5.02 Å². The average molecular weight is 353 g/mol. The fraction of sp³-hybridized carbons (Fsp3) is 0.471. The van der Waals surface area contributed by atoms with Gasteiger partial charge in [-0.15, -0.1) is 0 Å². The van der Waals surface area contributed by atoms with Gasteiger partial charge in [0.25, 0.3) is 0 Å². The second-order valence-corrected chi connectivity index (χ2v) is 6.37. The Hall–Kier alpha value is -2.08. The van der Waals surface area contributed by atoms with Crippen molar-refractivity contribution in [2.75, 3.05) is 6.54 Å². The van der Waals surface area contributed by atoms with Crippen LogP contribution in [0.25, 0.3) is 0 Å². The number of carbonyl (C=O) groups excluding carboxylic acids is 2. The van der Waals surface area contributed by atoms with E-state index in [1.54, 1.807) is 24.3 Å². The van der Waals surface area contributed by atoms with E-state index in [9.17, 15) is 14.4 Å². The van der Waals surface area contributed by atoms with E-state index < -0.39 is 12.0 Å². The van der Waals surface area contributed by atoms with Crippen LogP contribution in [0.15, 0.2) is 24.3 Å². The van der Waals surface area contributed by atoms with Crippen molar-refractivity contribution in [2.45, 2.75) is 38.1 Å². The summed E-state index contributed by atoms with van der Waals surface area (Å²) in [5.41, 5.74) is 0.692. The van der Waals surface area contributed by atoms with Crippen LogP contribution in [0.1, 0.15) is 43.7 Å². The summed E-state index contributed by atoms with van der Waals surface area (Å²) in [6.07, 6.45) is 2.44. The van der Waals surface area contributed by atoms with Gasteiger partial charge in [0.15, 0.2) is 0 Å². The van der Waals surface area contributed by atoms with Gasteiger partial charge < -0.3 is 15.7 Å². The minimum Gasteiger partial charge on any atom is -0.481 e. The maximum Gasteiger partial charge on any atom is 0.305 e. The Labute approximate surface area is 145 Å². The lowest BCUT2D eigenvalue weighted by molar-refractivity contribution is -0.137. The molecule has 0 heterocycles. The van der Waals surface area contributed by atoms with Crippen LogP contribution >= 0.6 is 11.6 Å². The third kappa shape index (κ3) is 6.20. The van der Waals surface area contributed by atoms with Gasteiger partial charge in [-0.1, -0.05) is 23.7 Å². The van der Waals surface area contributed by atoms with Gasteiger partial charge in [-0.25, -0.2) is 0 Å². The van der Waals surface area contributed by atoms with Crippen molar-refractivity contribution in [1.82, 2.24) is 10.6 Å². The van der Waals surface area contributed by atoms with E-state index in [2.05, 4.69) is 10.6 Å². The molecule has 130 valence electrons. The largest absolute Gasteiger partial charge is 0.481 e. The van der Waals surface area contributed by atoms with Gasteiger partial charge in [-0.3, -0.25) is 14.4 Å². The number of carboxylic acid groups (broad SMARTS) is 1. The zero-order valence-electron chi connectivity index (χ0n) is 13.3. The zero-order valence-corrected chi connectivity index (χ0v) is 14.0. The monoisotopic (exact) mass is 352 g/mol. The van der Waals surface area contributed by atoms with Gasteiger partial charge >= 0.3 is 5.97 Å². The smallest absolute Gasteiger partial charge is 0.305 e. The number of nitrogens with one attached hydrogen (secondary N) is 2. The molecule has 1 atom stereocenters. The molecular weight excluding hydrogens is 332 g/mol. The van der Waals surface area contributed by atoms with Crippen molar-refractivity contribution in [3.05, 3.63) is 34.9 Å². The van der Waals surface area contributed by atoms with E-state index in [1.165, 1.54) is 0 Å². The number of halogens is 1. The maximum absolute atomic E-state index is 12.0. The number of carboxylic acids is 1. The molecule has 6 nitrogen and oxygen atoms in total. The molecule has 0 spiro atoms. The highest BCUT2D eigenvalue weighted by molar-refractivity contribution is 6.30. The molecule has 0 radical (unpaired) electrons. The van der Waals surface area contributed by atoms with E-state index in [-0.39, 0.29) is 30.6 Å². The molecule has 1 aliphatic rings. The fourth-order valence-corrected chi connectivity index (χ4v) is 2.46. The number of hydrogen-bond donors (Lipinski definition) is 3. The van der Waals surface area contributed by atoms with Gasteiger partial charge in [0.2, 0.25) is 11.8 Å². The standard InChI is InChI=1S/C17H21ClN2O4/c18-13-7-5-11(6-8-13)14(10-16(22)23)20-15(21)2-1-9-19-17(24)12-3-4-12/h5-8,12,14H,1-4,9-10H2,(H,19,24)(H,20,21)(H,22,23)/t14-/m0/s1. The van der Waals surface area contributed by atoms with E-state index in [0.29, 0.717) is 23.6 Å². The lowest BCUT2D eigenvalue weighted by Gasteiger charge is -2.17. The number of aliphatic carboxylic acids is 1. The second kappa shape index (κ2) is 8.68. The van der Waals surface area contributed by atoms with Crippen molar-refractivity contribution < 1.29 is 19.5 Å². The fourth-order valence-electron chi connectivity index (χ4n) is 2.34. The Morgan fingerprint density at radius 2 is 1.88 bits per heavy atom. The molecule has 3 N–H and O–H groups in total. The molecule has 1 aromatic carbocycles. The highest BCUT2D eigenvalue weighted by Gasteiger charge is 2.29. The van der Waals surface area contributed by atoms with Crippen molar-refractivity contribution >= 4 is 29.4 Å². The first kappa shape index (κ1) is 18.3. The summed E-state index contributed by atoms with van der Waals surface area (Å²) in [7, 11) is 0. The highest BCUT2D eigenvalue weighted by atomic mass is 35.5. The van der Waals surface area contributed by atoms with Crippen LogP contribution in [0.5, 0.6) is 0 Å². The molecule has 1 aromatic rings. The molecule has 1 aliphatic carbocycles. The van der Waals surface area contributed by atoms with Crippen LogP contribution in [0.3, 0.4) is 0 Å². The van der Waals surface area contributed by atoms with Crippen LogP contribution in [0.4, 0.5) is 0 Å². The molecule has 0 saturated heterocycles. The predicted molar refractivity (Wildman–Crippen MR) is 89.6 cm³/mol. The summed E-state index contributed by atoms with van der Waals surface area (Å²) in [5, 5.41) is 15.1. The number of amides is 2. The lowest BCUT2D eigenvalue weighted by Crippen LogP contribution is -2.31. The minimum absolute atomic E-state index is 0.0559. The lowest BCUT2D eigenvalue weighted by atomic mass is 10.0. The third-order valence-corrected chi connectivity index (χ3v) is 4.07. The van der Waals surface area contributed by atoms with E-state index >= 15 is 0 Å². The van der Waals surface area contributed by atoms with E-state index in [4.69, 9.17) is 16.7 Å². The molecule has 0 unspecified atom stereocenters. The highest BCUT2D eigenvalue weighted by Crippen LogP contribution is 2.28. The molecule has 1 fully saturated rings. The summed E-state index contributed by atoms with van der Waals surface area (Å²) in [6, 6.07) is 6.11. The maximum atomic E-state index is 12.0. The predicted octanol–water partition coefficient (Wildman–Crippen LogP) is 2.28. The molecular formula is C17H21ClN2O4. The number of benzene rings is 1. The van der Waals surface area contributed by atoms with Crippen LogP contribution in [-0.2, 0) is 14.4 Å². The Bertz CT molecular complexity index is 599. The molecule has 1 saturated carbocycles. The quantitative estimate of drug-likeness (QED) is 0.594. The molecule has 24 heavy (non-hydrogen) atoms. The normalized spacial score (nSPS) is 14.7. The Morgan fingerprint density at radius 1 is 1.21 bits per heavy atom. The third-order valence-electron chi connectivity index (χ3n) is 3.81. The number of rotatable bonds is 9. The van der Waals surface area contributed by atoms with Gasteiger partial charge in [-0.2, -0.15) is 0 Å². The van der Waals surface area contributed by atoms with E-state index in [0.717, 1.165) is 12.8 Å². The van der Waals surface area contributed by atoms with Gasteiger partial charge in [0.1, 0.15) is 0 Å². The SMILES string of the molecule is O=C(O)C[C@H](NC(=O)CCCNC(=O)C1CC1)c1ccc(Cl)cc1. The first-order valence-corrected chi connectivity index (χ1v) is 8.38. The minimum atomic E-state index is -0.994. The Kier molecular flexibility index (Phi) is 6.61. The second-order valence-electron chi connectivity index (χ2n) is 5.94. The van der Waals surface area contributed by atoms with Crippen LogP contribution in [0, 0.1) is 5.92 Å². The number of hydrogen-bond acceptors (Lipinski definition) is 3. The Morgan fingerprint density at radius 3 is 2.46 bits per heavy atom. The summed E-state index contributed by atoms with van der Waals surface area (Å²) in [5.74, 6) is -1.02. The molecule has 0 aliphatic heterocycles. The summed E-state index contributed by atoms with van der Waals surface area (Å²) < 4.78 is 0. The van der Waals surface area contributed by atoms with Crippen LogP contribution in [-0.4, -0.2) is 29.4 Å². The zero-order chi connectivity index (χ0) is 17.5. The molecule has 0 bridgehead atoms. The first-order valence-electron chi connectivity index (χ1n) is 8.00. The average Bonchev–Trinajstić information content (AvgIpc) is 3.36. The summed E-state index contributed by atoms with van der Waals surface area (Å²) in [4.78, 5) is 34.5. The van der Waals surface area contributed by atoms with Crippen molar-refractivity contribution in [3.63, 3.8) is 0 Å². The van der Waals surface area contributed by atoms with Gasteiger partial charge in [0.05, 0.1) is 12.5 Å². The molecule has 2 amide bonds. The summed E-state index contributed by atoms with van der Waals surface area (Å²) >= 11 is 5.83. The van der Waals surface area contributed by atoms with Crippen molar-refractivity contribution in [2.24, 2.45) is 5.92 Å².